The van der Waals surface area contributed by atoms with Crippen molar-refractivity contribution >= 4 is 27.0 Å². The summed E-state index contributed by atoms with van der Waals surface area (Å²) < 4.78 is 29.5. The Kier molecular flexibility index (Phi) is 5.65. The minimum atomic E-state index is -3.76. The SMILES string of the molecule is Cn1c(=O)c(C(=O)NCc2ccc(C#N)cc2)cc2nccc(OCC3(S(N)(=O)=O)CC3)c21. The van der Waals surface area contributed by atoms with Crippen LogP contribution < -0.4 is 20.8 Å². The van der Waals surface area contributed by atoms with Gasteiger partial charge in [-0.05, 0) is 36.6 Å². The first-order valence-electron chi connectivity index (χ1n) is 10.1. The van der Waals surface area contributed by atoms with E-state index in [9.17, 15) is 18.0 Å². The van der Waals surface area contributed by atoms with Crippen LogP contribution in [0.25, 0.3) is 11.0 Å². The van der Waals surface area contributed by atoms with E-state index in [-0.39, 0.29) is 24.5 Å². The second-order valence-corrected chi connectivity index (χ2v) is 9.93. The Morgan fingerprint density at radius 3 is 2.61 bits per heavy atom. The summed E-state index contributed by atoms with van der Waals surface area (Å²) in [6.45, 7) is 0.0456. The van der Waals surface area contributed by atoms with E-state index in [1.165, 1.54) is 29.9 Å². The zero-order valence-corrected chi connectivity index (χ0v) is 18.6. The van der Waals surface area contributed by atoms with Crippen molar-refractivity contribution in [1.29, 1.82) is 5.26 Å². The molecule has 10 nitrogen and oxygen atoms in total. The van der Waals surface area contributed by atoms with Crippen molar-refractivity contribution < 1.29 is 17.9 Å². The first kappa shape index (κ1) is 22.4. The number of nitrogens with two attached hydrogens (primary N) is 1. The van der Waals surface area contributed by atoms with Crippen molar-refractivity contribution in [3.63, 3.8) is 0 Å². The molecular formula is C22H21N5O5S. The molecule has 0 unspecified atom stereocenters. The first-order chi connectivity index (χ1) is 15.6. The van der Waals surface area contributed by atoms with Crippen LogP contribution in [0.4, 0.5) is 0 Å². The average Bonchev–Trinajstić information content (AvgIpc) is 3.60. The molecule has 2 aromatic heterocycles. The number of nitriles is 1. The quantitative estimate of drug-likeness (QED) is 0.523. The van der Waals surface area contributed by atoms with Crippen LogP contribution in [0.3, 0.4) is 0 Å². The monoisotopic (exact) mass is 467 g/mol. The lowest BCUT2D eigenvalue weighted by Gasteiger charge is -2.16. The number of sulfonamides is 1. The Balaban J connectivity index is 1.58. The van der Waals surface area contributed by atoms with Crippen LogP contribution in [0.1, 0.15) is 34.3 Å². The third-order valence-corrected chi connectivity index (χ3v) is 7.48. The van der Waals surface area contributed by atoms with E-state index in [2.05, 4.69) is 10.3 Å². The maximum Gasteiger partial charge on any atom is 0.263 e. The van der Waals surface area contributed by atoms with E-state index >= 15 is 0 Å². The predicted molar refractivity (Wildman–Crippen MR) is 120 cm³/mol. The predicted octanol–water partition coefficient (Wildman–Crippen LogP) is 0.935. The van der Waals surface area contributed by atoms with Gasteiger partial charge in [0.15, 0.2) is 0 Å². The Morgan fingerprint density at radius 1 is 1.30 bits per heavy atom. The molecule has 1 aromatic carbocycles. The van der Waals surface area contributed by atoms with Gasteiger partial charge in [0, 0.05) is 25.9 Å². The molecule has 3 aromatic rings. The topological polar surface area (TPSA) is 157 Å². The van der Waals surface area contributed by atoms with E-state index in [0.29, 0.717) is 29.4 Å². The van der Waals surface area contributed by atoms with Gasteiger partial charge >= 0.3 is 0 Å². The molecule has 170 valence electrons. The van der Waals surface area contributed by atoms with Crippen molar-refractivity contribution in [2.24, 2.45) is 12.2 Å². The van der Waals surface area contributed by atoms with Crippen molar-refractivity contribution in [2.45, 2.75) is 24.1 Å². The molecule has 0 atom stereocenters. The van der Waals surface area contributed by atoms with Gasteiger partial charge in [0.25, 0.3) is 11.5 Å². The zero-order chi connectivity index (χ0) is 23.8. The number of hydrogen-bond acceptors (Lipinski definition) is 7. The van der Waals surface area contributed by atoms with E-state index in [0.717, 1.165) is 5.56 Å². The van der Waals surface area contributed by atoms with E-state index < -0.39 is 26.2 Å². The Hall–Kier alpha value is -3.75. The highest BCUT2D eigenvalue weighted by molar-refractivity contribution is 7.90. The number of primary sulfonamides is 1. The average molecular weight is 468 g/mol. The maximum absolute atomic E-state index is 12.9. The summed E-state index contributed by atoms with van der Waals surface area (Å²) in [6.07, 6.45) is 2.28. The minimum Gasteiger partial charge on any atom is -0.490 e. The van der Waals surface area contributed by atoms with E-state index in [1.807, 2.05) is 6.07 Å². The smallest absolute Gasteiger partial charge is 0.263 e. The fourth-order valence-electron chi connectivity index (χ4n) is 3.49. The Labute approximate surface area is 189 Å². The van der Waals surface area contributed by atoms with Gasteiger partial charge in [-0.15, -0.1) is 0 Å². The molecule has 2 heterocycles. The number of nitrogens with one attached hydrogen (secondary N) is 1. The van der Waals surface area contributed by atoms with Gasteiger partial charge in [-0.3, -0.25) is 14.6 Å². The normalized spacial score (nSPS) is 14.5. The number of hydrogen-bond donors (Lipinski definition) is 2. The molecule has 1 amide bonds. The number of carbonyl (C=O) groups is 1. The van der Waals surface area contributed by atoms with Crippen molar-refractivity contribution in [3.05, 3.63) is 69.6 Å². The number of pyridine rings is 2. The van der Waals surface area contributed by atoms with Crippen LogP contribution in [0.15, 0.2) is 47.4 Å². The number of benzene rings is 1. The van der Waals surface area contributed by atoms with Gasteiger partial charge in [0.05, 0.1) is 17.1 Å². The van der Waals surface area contributed by atoms with E-state index in [4.69, 9.17) is 15.1 Å². The number of carbonyl (C=O) groups excluding carboxylic acids is 1. The standard InChI is InChI=1S/C22H21N5O5S/c1-27-19-17(25-9-6-18(19)32-13-22(7-8-22)33(24,30)31)10-16(21(27)29)20(28)26-12-15-4-2-14(11-23)3-5-15/h2-6,9-10H,7-8,12-13H2,1H3,(H,26,28)(H2,24,30,31). The van der Waals surface area contributed by atoms with Gasteiger partial charge in [-0.1, -0.05) is 12.1 Å². The highest BCUT2D eigenvalue weighted by atomic mass is 32.2. The number of aromatic nitrogens is 2. The molecular weight excluding hydrogens is 446 g/mol. The summed E-state index contributed by atoms with van der Waals surface area (Å²) in [5.41, 5.74) is 1.33. The molecule has 0 aliphatic heterocycles. The molecule has 1 aliphatic carbocycles. The van der Waals surface area contributed by atoms with Gasteiger partial charge in [-0.2, -0.15) is 5.26 Å². The zero-order valence-electron chi connectivity index (χ0n) is 17.7. The number of rotatable bonds is 7. The van der Waals surface area contributed by atoms with Crippen LogP contribution in [-0.2, 0) is 23.6 Å². The maximum atomic E-state index is 12.9. The molecule has 4 rings (SSSR count). The van der Waals surface area contributed by atoms with Crippen LogP contribution in [0.5, 0.6) is 5.75 Å². The van der Waals surface area contributed by atoms with E-state index in [1.54, 1.807) is 24.3 Å². The summed E-state index contributed by atoms with van der Waals surface area (Å²) in [7, 11) is -2.27. The van der Waals surface area contributed by atoms with Gasteiger partial charge in [-0.25, -0.2) is 13.6 Å². The molecule has 0 bridgehead atoms. The van der Waals surface area contributed by atoms with Gasteiger partial charge in [0.1, 0.15) is 28.2 Å². The first-order valence-corrected chi connectivity index (χ1v) is 11.6. The Morgan fingerprint density at radius 2 is 2.00 bits per heavy atom. The molecule has 11 heteroatoms. The molecule has 33 heavy (non-hydrogen) atoms. The van der Waals surface area contributed by atoms with Crippen LogP contribution in [0.2, 0.25) is 0 Å². The van der Waals surface area contributed by atoms with Crippen LogP contribution in [-0.4, -0.2) is 35.2 Å². The summed E-state index contributed by atoms with van der Waals surface area (Å²) in [5, 5.41) is 16.9. The van der Waals surface area contributed by atoms with Gasteiger partial charge in [0.2, 0.25) is 10.0 Å². The van der Waals surface area contributed by atoms with Crippen LogP contribution >= 0.6 is 0 Å². The summed E-state index contributed by atoms with van der Waals surface area (Å²) in [5.74, 6) is -0.291. The molecule has 0 radical (unpaired) electrons. The highest BCUT2D eigenvalue weighted by Gasteiger charge is 2.54. The molecule has 1 aliphatic rings. The third-order valence-electron chi connectivity index (χ3n) is 5.75. The molecule has 0 saturated heterocycles. The lowest BCUT2D eigenvalue weighted by atomic mass is 10.1. The van der Waals surface area contributed by atoms with Crippen molar-refractivity contribution in [1.82, 2.24) is 14.9 Å². The molecule has 1 saturated carbocycles. The second kappa shape index (κ2) is 8.31. The van der Waals surface area contributed by atoms with Crippen LogP contribution in [0, 0.1) is 11.3 Å². The molecule has 0 spiro atoms. The summed E-state index contributed by atoms with van der Waals surface area (Å²) in [4.78, 5) is 29.9. The van der Waals surface area contributed by atoms with Crippen molar-refractivity contribution in [3.8, 4) is 11.8 Å². The minimum absolute atomic E-state index is 0.0912. The lowest BCUT2D eigenvalue weighted by molar-refractivity contribution is 0.0949. The number of amides is 1. The highest BCUT2D eigenvalue weighted by Crippen LogP contribution is 2.42. The number of fused-ring (bicyclic) bond motifs is 1. The second-order valence-electron chi connectivity index (χ2n) is 7.97. The number of ether oxygens (including phenoxy) is 1. The number of aryl methyl sites for hydroxylation is 1. The lowest BCUT2D eigenvalue weighted by Crippen LogP contribution is -2.36. The molecule has 3 N–H and O–H groups in total. The number of nitrogens with zero attached hydrogens (tertiary/aromatic N) is 3. The fraction of sp³-hybridized carbons (Fsp3) is 0.273. The largest absolute Gasteiger partial charge is 0.490 e. The molecule has 1 fully saturated rings. The summed E-state index contributed by atoms with van der Waals surface area (Å²) >= 11 is 0. The Bertz CT molecular complexity index is 1450. The third kappa shape index (κ3) is 4.30. The fourth-order valence-corrected chi connectivity index (χ4v) is 4.38. The van der Waals surface area contributed by atoms with Gasteiger partial charge < -0.3 is 14.6 Å². The summed E-state index contributed by atoms with van der Waals surface area (Å²) in [6, 6.07) is 11.7. The van der Waals surface area contributed by atoms with Crippen molar-refractivity contribution in [2.75, 3.05) is 6.61 Å².